The molecule has 4 nitrogen and oxygen atoms in total. The molecule has 4 atom stereocenters. The molecule has 0 heterocycles. The SMILES string of the molecule is [B]N(C)C(=O)C(CC(C)(C)C)C(C)(CC)C(C)CC(C(N)=O)C(C)C. The first kappa shape index (κ1) is 24.0. The fourth-order valence-electron chi connectivity index (χ4n) is 3.77. The molecule has 0 aromatic carbocycles. The lowest BCUT2D eigenvalue weighted by Gasteiger charge is -2.45. The summed E-state index contributed by atoms with van der Waals surface area (Å²) in [6.07, 6.45) is 2.29. The Morgan fingerprint density at radius 3 is 1.88 bits per heavy atom. The zero-order valence-corrected chi connectivity index (χ0v) is 17.8. The highest BCUT2D eigenvalue weighted by Crippen LogP contribution is 2.47. The van der Waals surface area contributed by atoms with Crippen molar-refractivity contribution in [1.82, 2.24) is 4.81 Å². The van der Waals surface area contributed by atoms with E-state index >= 15 is 0 Å². The fraction of sp³-hybridized carbons (Fsp3) is 0.900. The summed E-state index contributed by atoms with van der Waals surface area (Å²) < 4.78 is 0. The molecule has 5 heteroatoms. The minimum absolute atomic E-state index is 0.00756. The van der Waals surface area contributed by atoms with E-state index in [0.717, 1.165) is 12.8 Å². The summed E-state index contributed by atoms with van der Waals surface area (Å²) in [6, 6.07) is 0. The molecule has 0 aliphatic rings. The van der Waals surface area contributed by atoms with E-state index in [-0.39, 0.29) is 46.3 Å². The summed E-state index contributed by atoms with van der Waals surface area (Å²) in [6.45, 7) is 16.9. The van der Waals surface area contributed by atoms with Gasteiger partial charge in [0.15, 0.2) is 0 Å². The average molecular weight is 350 g/mol. The maximum atomic E-state index is 12.9. The van der Waals surface area contributed by atoms with Gasteiger partial charge in [-0.15, -0.1) is 0 Å². The van der Waals surface area contributed by atoms with Gasteiger partial charge in [-0.05, 0) is 49.0 Å². The third kappa shape index (κ3) is 6.67. The quantitative estimate of drug-likeness (QED) is 0.643. The van der Waals surface area contributed by atoms with Crippen LogP contribution >= 0.6 is 0 Å². The molecule has 144 valence electrons. The van der Waals surface area contributed by atoms with Crippen LogP contribution in [0.3, 0.4) is 0 Å². The van der Waals surface area contributed by atoms with Crippen LogP contribution in [0.25, 0.3) is 0 Å². The largest absolute Gasteiger partial charge is 0.399 e. The summed E-state index contributed by atoms with van der Waals surface area (Å²) in [7, 11) is 7.42. The van der Waals surface area contributed by atoms with Gasteiger partial charge in [0.2, 0.25) is 19.8 Å². The van der Waals surface area contributed by atoms with Crippen LogP contribution in [0.2, 0.25) is 0 Å². The van der Waals surface area contributed by atoms with Crippen molar-refractivity contribution in [1.29, 1.82) is 0 Å². The maximum absolute atomic E-state index is 12.9. The average Bonchev–Trinajstić information content (AvgIpc) is 2.46. The van der Waals surface area contributed by atoms with Gasteiger partial charge in [-0.25, -0.2) is 0 Å². The van der Waals surface area contributed by atoms with Crippen molar-refractivity contribution in [2.24, 2.45) is 40.2 Å². The van der Waals surface area contributed by atoms with Gasteiger partial charge in [-0.3, -0.25) is 9.59 Å². The molecule has 0 bridgehead atoms. The van der Waals surface area contributed by atoms with Gasteiger partial charge in [0.05, 0.1) is 0 Å². The molecule has 0 aromatic rings. The monoisotopic (exact) mass is 350 g/mol. The first-order valence-electron chi connectivity index (χ1n) is 9.48. The Kier molecular flexibility index (Phi) is 8.73. The van der Waals surface area contributed by atoms with Crippen molar-refractivity contribution in [2.45, 2.75) is 74.7 Å². The number of nitrogens with zero attached hydrogens (tertiary/aromatic N) is 1. The van der Waals surface area contributed by atoms with Crippen molar-refractivity contribution in [2.75, 3.05) is 7.05 Å². The lowest BCUT2D eigenvalue weighted by Crippen LogP contribution is -2.46. The van der Waals surface area contributed by atoms with Crippen molar-refractivity contribution >= 4 is 19.8 Å². The smallest absolute Gasteiger partial charge is 0.230 e. The van der Waals surface area contributed by atoms with Gasteiger partial charge in [0.25, 0.3) is 0 Å². The van der Waals surface area contributed by atoms with E-state index in [2.05, 4.69) is 41.5 Å². The molecule has 0 fully saturated rings. The highest BCUT2D eigenvalue weighted by molar-refractivity contribution is 6.14. The van der Waals surface area contributed by atoms with Crippen molar-refractivity contribution in [3.8, 4) is 0 Å². The van der Waals surface area contributed by atoms with Crippen LogP contribution in [0.1, 0.15) is 74.7 Å². The van der Waals surface area contributed by atoms with Crippen LogP contribution in [0.15, 0.2) is 0 Å². The van der Waals surface area contributed by atoms with E-state index in [4.69, 9.17) is 13.7 Å². The lowest BCUT2D eigenvalue weighted by molar-refractivity contribution is -0.138. The molecule has 0 aromatic heterocycles. The highest BCUT2D eigenvalue weighted by atomic mass is 16.2. The van der Waals surface area contributed by atoms with Crippen LogP contribution in [0.4, 0.5) is 0 Å². The molecule has 0 spiro atoms. The second kappa shape index (κ2) is 9.09. The van der Waals surface area contributed by atoms with Gasteiger partial charge >= 0.3 is 0 Å². The number of hydrogen-bond acceptors (Lipinski definition) is 2. The molecular weight excluding hydrogens is 311 g/mol. The Bertz CT molecular complexity index is 457. The Balaban J connectivity index is 5.78. The summed E-state index contributed by atoms with van der Waals surface area (Å²) in [5.41, 5.74) is 5.38. The number of carbonyl (C=O) groups excluding carboxylic acids is 2. The van der Waals surface area contributed by atoms with Gasteiger partial charge in [-0.1, -0.05) is 55.4 Å². The molecule has 0 saturated heterocycles. The predicted octanol–water partition coefficient (Wildman–Crippen LogP) is 3.78. The topological polar surface area (TPSA) is 63.4 Å². The first-order valence-corrected chi connectivity index (χ1v) is 9.48. The molecule has 2 radical (unpaired) electrons. The third-order valence-corrected chi connectivity index (χ3v) is 5.92. The van der Waals surface area contributed by atoms with Gasteiger partial charge in [-0.2, -0.15) is 0 Å². The third-order valence-electron chi connectivity index (χ3n) is 5.92. The fourth-order valence-corrected chi connectivity index (χ4v) is 3.77. The van der Waals surface area contributed by atoms with Crippen LogP contribution in [0.5, 0.6) is 0 Å². The molecule has 0 saturated carbocycles. The van der Waals surface area contributed by atoms with E-state index in [1.54, 1.807) is 7.05 Å². The number of primary amides is 1. The van der Waals surface area contributed by atoms with Gasteiger partial charge < -0.3 is 10.5 Å². The Morgan fingerprint density at radius 1 is 1.12 bits per heavy atom. The molecule has 0 aliphatic heterocycles. The second-order valence-corrected chi connectivity index (χ2v) is 9.52. The standard InChI is InChI=1S/C20H39BN2O2/c1-10-20(8,14(4)11-15(13(2)3)17(22)24)16(12-19(5,6)7)18(25)23(9)21/h13-16H,10-12H2,1-9H3,(H2,22,24). The van der Waals surface area contributed by atoms with Crippen LogP contribution < -0.4 is 5.73 Å². The number of rotatable bonds is 9. The highest BCUT2D eigenvalue weighted by Gasteiger charge is 2.44. The number of carbonyl (C=O) groups is 2. The zero-order valence-electron chi connectivity index (χ0n) is 17.8. The van der Waals surface area contributed by atoms with Crippen molar-refractivity contribution in [3.05, 3.63) is 0 Å². The lowest BCUT2D eigenvalue weighted by atomic mass is 9.60. The summed E-state index contributed by atoms with van der Waals surface area (Å²) >= 11 is 0. The number of amides is 2. The molecule has 0 rings (SSSR count). The molecule has 25 heavy (non-hydrogen) atoms. The Labute approximate surface area is 156 Å². The molecule has 2 amide bonds. The van der Waals surface area contributed by atoms with Crippen LogP contribution in [0, 0.1) is 34.5 Å². The normalized spacial score (nSPS) is 18.3. The first-order chi connectivity index (χ1) is 11.2. The second-order valence-electron chi connectivity index (χ2n) is 9.52. The Hall–Kier alpha value is -0.995. The molecular formula is C20H39BN2O2. The molecule has 4 unspecified atom stereocenters. The van der Waals surface area contributed by atoms with E-state index in [1.165, 1.54) is 4.81 Å². The van der Waals surface area contributed by atoms with Crippen molar-refractivity contribution < 1.29 is 9.59 Å². The van der Waals surface area contributed by atoms with Crippen LogP contribution in [-0.2, 0) is 9.59 Å². The van der Waals surface area contributed by atoms with E-state index in [9.17, 15) is 9.59 Å². The minimum Gasteiger partial charge on any atom is -0.399 e. The van der Waals surface area contributed by atoms with E-state index in [0.29, 0.717) is 6.42 Å². The van der Waals surface area contributed by atoms with Crippen LogP contribution in [-0.4, -0.2) is 31.7 Å². The van der Waals surface area contributed by atoms with E-state index < -0.39 is 0 Å². The van der Waals surface area contributed by atoms with Gasteiger partial charge in [0.1, 0.15) is 0 Å². The molecule has 0 aliphatic carbocycles. The Morgan fingerprint density at radius 2 is 1.60 bits per heavy atom. The van der Waals surface area contributed by atoms with E-state index in [1.807, 2.05) is 13.8 Å². The molecule has 2 N–H and O–H groups in total. The zero-order chi connectivity index (χ0) is 20.2. The predicted molar refractivity (Wildman–Crippen MR) is 106 cm³/mol. The van der Waals surface area contributed by atoms with Crippen molar-refractivity contribution in [3.63, 3.8) is 0 Å². The maximum Gasteiger partial charge on any atom is 0.230 e. The summed E-state index contributed by atoms with van der Waals surface area (Å²) in [5.74, 6) is -0.296. The number of nitrogens with two attached hydrogens (primary N) is 1. The minimum atomic E-state index is -0.255. The number of hydrogen-bond donors (Lipinski definition) is 1. The summed E-state index contributed by atoms with van der Waals surface area (Å²) in [4.78, 5) is 26.0. The summed E-state index contributed by atoms with van der Waals surface area (Å²) in [5, 5.41) is 0. The van der Waals surface area contributed by atoms with Gasteiger partial charge in [0, 0.05) is 11.8 Å².